The molecule has 0 saturated heterocycles. The van der Waals surface area contributed by atoms with Gasteiger partial charge in [-0.2, -0.15) is 0 Å². The predicted octanol–water partition coefficient (Wildman–Crippen LogP) is 0.637. The zero-order valence-electron chi connectivity index (χ0n) is 11.1. The van der Waals surface area contributed by atoms with Crippen LogP contribution in [-0.4, -0.2) is 64.2 Å². The molecule has 0 bridgehead atoms. The molecular weight excluding hydrogens is 247 g/mol. The monoisotopic (exact) mass is 276 g/mol. The van der Waals surface area contributed by atoms with E-state index in [-0.39, 0.29) is 24.8 Å². The lowest BCUT2D eigenvalue weighted by molar-refractivity contribution is 0.403. The summed E-state index contributed by atoms with van der Waals surface area (Å²) in [6, 6.07) is 0. The van der Waals surface area contributed by atoms with E-state index in [1.54, 1.807) is 0 Å². The van der Waals surface area contributed by atoms with Crippen LogP contribution >= 0.6 is 24.8 Å². The summed E-state index contributed by atoms with van der Waals surface area (Å²) < 4.78 is 0. The molecule has 0 saturated carbocycles. The Bertz CT molecular complexity index is 90.8. The largest absolute Gasteiger partial charge is 0.330 e. The van der Waals surface area contributed by atoms with Gasteiger partial charge < -0.3 is 21.3 Å². The molecule has 0 aliphatic rings. The quantitative estimate of drug-likeness (QED) is 0.748. The Morgan fingerprint density at radius 1 is 0.688 bits per heavy atom. The number of hydrogen-bond acceptors (Lipinski definition) is 4. The summed E-state index contributed by atoms with van der Waals surface area (Å²) in [7, 11) is 8.20. The summed E-state index contributed by atoms with van der Waals surface area (Å²) in [4.78, 5) is 4.26. The minimum Gasteiger partial charge on any atom is -0.330 e. The minimum atomic E-state index is 0. The first-order chi connectivity index (χ1) is 6.54. The highest BCUT2D eigenvalue weighted by atomic mass is 35.5. The van der Waals surface area contributed by atoms with Crippen LogP contribution in [0.3, 0.4) is 0 Å². The van der Waals surface area contributed by atoms with Crippen LogP contribution in [0.2, 0.25) is 0 Å². The summed E-state index contributed by atoms with van der Waals surface area (Å²) in [5.74, 6) is 0. The van der Waals surface area contributed by atoms with Crippen LogP contribution < -0.4 is 11.5 Å². The first kappa shape index (κ1) is 25.3. The molecule has 6 heteroatoms. The minimum absolute atomic E-state index is 0. The number of nitrogens with two attached hydrogens (primary N) is 2. The average molecular weight is 277 g/mol. The van der Waals surface area contributed by atoms with E-state index < -0.39 is 0 Å². The van der Waals surface area contributed by atoms with E-state index in [2.05, 4.69) is 38.0 Å². The zero-order chi connectivity index (χ0) is 11.4. The van der Waals surface area contributed by atoms with Gasteiger partial charge in [-0.05, 0) is 67.2 Å². The second-order valence-corrected chi connectivity index (χ2v) is 3.89. The van der Waals surface area contributed by atoms with E-state index in [1.807, 2.05) is 0 Å². The third-order valence-corrected chi connectivity index (χ3v) is 1.62. The normalized spacial score (nSPS) is 9.00. The van der Waals surface area contributed by atoms with Crippen molar-refractivity contribution in [3.8, 4) is 0 Å². The van der Waals surface area contributed by atoms with Gasteiger partial charge in [0.2, 0.25) is 0 Å². The van der Waals surface area contributed by atoms with E-state index in [0.717, 1.165) is 39.0 Å². The Labute approximate surface area is 114 Å². The van der Waals surface area contributed by atoms with Crippen LogP contribution in [0, 0.1) is 0 Å². The molecule has 0 aliphatic carbocycles. The van der Waals surface area contributed by atoms with Gasteiger partial charge in [-0.25, -0.2) is 0 Å². The van der Waals surface area contributed by atoms with Crippen molar-refractivity contribution in [3.05, 3.63) is 0 Å². The van der Waals surface area contributed by atoms with E-state index in [1.165, 1.54) is 0 Å². The van der Waals surface area contributed by atoms with Gasteiger partial charge in [0.1, 0.15) is 0 Å². The van der Waals surface area contributed by atoms with Gasteiger partial charge in [0, 0.05) is 0 Å². The standard InChI is InChI=1S/2C5H14N2.2ClH/c2*1-7(2)5-3-4-6;;/h2*3-6H2,1-2H3;2*1H. The molecule has 0 aromatic carbocycles. The molecule has 0 heterocycles. The maximum Gasteiger partial charge on any atom is -0.00128 e. The molecule has 0 rings (SSSR count). The van der Waals surface area contributed by atoms with Gasteiger partial charge >= 0.3 is 0 Å². The van der Waals surface area contributed by atoms with E-state index in [4.69, 9.17) is 11.5 Å². The second-order valence-electron chi connectivity index (χ2n) is 3.89. The topological polar surface area (TPSA) is 58.5 Å². The SMILES string of the molecule is CN(C)CCCN.CN(C)CCCN.Cl.Cl. The fraction of sp³-hybridized carbons (Fsp3) is 1.00. The summed E-state index contributed by atoms with van der Waals surface area (Å²) >= 11 is 0. The highest BCUT2D eigenvalue weighted by Gasteiger charge is 1.84. The van der Waals surface area contributed by atoms with Gasteiger partial charge in [0.25, 0.3) is 0 Å². The Morgan fingerprint density at radius 3 is 1.00 bits per heavy atom. The Hall–Kier alpha value is 0.420. The first-order valence-electron chi connectivity index (χ1n) is 5.24. The summed E-state index contributed by atoms with van der Waals surface area (Å²) in [6.45, 7) is 3.82. The molecule has 0 unspecified atom stereocenters. The third kappa shape index (κ3) is 36.6. The van der Waals surface area contributed by atoms with Crippen molar-refractivity contribution in [1.82, 2.24) is 9.80 Å². The van der Waals surface area contributed by atoms with Crippen molar-refractivity contribution in [2.45, 2.75) is 12.8 Å². The lowest BCUT2D eigenvalue weighted by Gasteiger charge is -2.05. The van der Waals surface area contributed by atoms with Crippen LogP contribution in [0.4, 0.5) is 0 Å². The zero-order valence-corrected chi connectivity index (χ0v) is 12.7. The van der Waals surface area contributed by atoms with Crippen molar-refractivity contribution in [3.63, 3.8) is 0 Å². The van der Waals surface area contributed by atoms with Crippen LogP contribution in [0.1, 0.15) is 12.8 Å². The summed E-state index contributed by atoms with van der Waals surface area (Å²) in [5.41, 5.74) is 10.5. The summed E-state index contributed by atoms with van der Waals surface area (Å²) in [5, 5.41) is 0. The lowest BCUT2D eigenvalue weighted by Crippen LogP contribution is -2.16. The van der Waals surface area contributed by atoms with Crippen molar-refractivity contribution in [1.29, 1.82) is 0 Å². The molecule has 0 aliphatic heterocycles. The predicted molar refractivity (Wildman–Crippen MR) is 78.9 cm³/mol. The lowest BCUT2D eigenvalue weighted by atomic mass is 10.4. The van der Waals surface area contributed by atoms with Crippen molar-refractivity contribution < 1.29 is 0 Å². The number of nitrogens with zero attached hydrogens (tertiary/aromatic N) is 2. The average Bonchev–Trinajstić information content (AvgIpc) is 2.12. The van der Waals surface area contributed by atoms with Gasteiger partial charge in [0.15, 0.2) is 0 Å². The smallest absolute Gasteiger partial charge is 0.00128 e. The number of rotatable bonds is 6. The maximum atomic E-state index is 5.25. The maximum absolute atomic E-state index is 5.25. The molecule has 0 spiro atoms. The molecule has 16 heavy (non-hydrogen) atoms. The Kier molecular flexibility index (Phi) is 32.9. The molecule has 0 atom stereocenters. The molecule has 0 amide bonds. The summed E-state index contributed by atoms with van der Waals surface area (Å²) in [6.07, 6.45) is 2.21. The van der Waals surface area contributed by atoms with E-state index in [9.17, 15) is 0 Å². The number of halogens is 2. The van der Waals surface area contributed by atoms with Crippen LogP contribution in [0.25, 0.3) is 0 Å². The molecule has 0 aromatic rings. The molecule has 4 N–H and O–H groups in total. The van der Waals surface area contributed by atoms with Crippen molar-refractivity contribution in [2.24, 2.45) is 11.5 Å². The van der Waals surface area contributed by atoms with E-state index in [0.29, 0.717) is 0 Å². The Balaban J connectivity index is -0.0000000800. The fourth-order valence-electron chi connectivity index (χ4n) is 0.815. The van der Waals surface area contributed by atoms with E-state index >= 15 is 0 Å². The highest BCUT2D eigenvalue weighted by molar-refractivity contribution is 5.85. The van der Waals surface area contributed by atoms with Gasteiger partial charge in [0.05, 0.1) is 0 Å². The van der Waals surface area contributed by atoms with Crippen molar-refractivity contribution >= 4 is 24.8 Å². The van der Waals surface area contributed by atoms with Crippen LogP contribution in [0.15, 0.2) is 0 Å². The van der Waals surface area contributed by atoms with Gasteiger partial charge in [-0.1, -0.05) is 0 Å². The molecule has 0 radical (unpaired) electrons. The number of hydrogen-bond donors (Lipinski definition) is 2. The molecule has 104 valence electrons. The molecule has 0 fully saturated rings. The molecular formula is C10H30Cl2N4. The van der Waals surface area contributed by atoms with Gasteiger partial charge in [-0.15, -0.1) is 24.8 Å². The molecule has 0 aromatic heterocycles. The first-order valence-corrected chi connectivity index (χ1v) is 5.24. The molecule has 4 nitrogen and oxygen atoms in total. The third-order valence-electron chi connectivity index (χ3n) is 1.62. The fourth-order valence-corrected chi connectivity index (χ4v) is 0.815. The van der Waals surface area contributed by atoms with Crippen molar-refractivity contribution in [2.75, 3.05) is 54.4 Å². The van der Waals surface area contributed by atoms with Gasteiger partial charge in [-0.3, -0.25) is 0 Å². The van der Waals surface area contributed by atoms with Crippen LogP contribution in [-0.2, 0) is 0 Å². The highest BCUT2D eigenvalue weighted by Crippen LogP contribution is 1.77. The second kappa shape index (κ2) is 20.8. The Morgan fingerprint density at radius 2 is 0.938 bits per heavy atom. The van der Waals surface area contributed by atoms with Crippen LogP contribution in [0.5, 0.6) is 0 Å².